The van der Waals surface area contributed by atoms with E-state index in [0.717, 1.165) is 0 Å². The van der Waals surface area contributed by atoms with Crippen molar-refractivity contribution in [2.45, 2.75) is 20.8 Å². The van der Waals surface area contributed by atoms with Crippen molar-refractivity contribution < 1.29 is 9.53 Å². The highest BCUT2D eigenvalue weighted by Gasteiger charge is 2.11. The van der Waals surface area contributed by atoms with E-state index >= 15 is 0 Å². The second-order valence-electron chi connectivity index (χ2n) is 4.51. The molecule has 0 aliphatic rings. The number of ether oxygens (including phenoxy) is 1. The Balaban J connectivity index is 3.38. The summed E-state index contributed by atoms with van der Waals surface area (Å²) in [4.78, 5) is 11.2. The number of carbonyl (C=O) groups is 1. The summed E-state index contributed by atoms with van der Waals surface area (Å²) in [6.07, 6.45) is 0. The molecule has 0 aromatic heterocycles. The topological polar surface area (TPSA) is 50.4 Å². The van der Waals surface area contributed by atoms with Gasteiger partial charge in [-0.2, -0.15) is 0 Å². The van der Waals surface area contributed by atoms with Crippen molar-refractivity contribution >= 4 is 5.91 Å². The molecule has 0 aromatic carbocycles. The number of nitrogens with one attached hydrogen (secondary N) is 2. The standard InChI is InChI=1S/C10H22N2O2/c1-10(2,3)8-12-9(13)7-11-5-6-14-4/h11H,5-8H2,1-4H3,(H,12,13). The fourth-order valence-corrected chi connectivity index (χ4v) is 0.802. The SMILES string of the molecule is COCCNCC(=O)NCC(C)(C)C. The van der Waals surface area contributed by atoms with Gasteiger partial charge in [-0.05, 0) is 5.41 Å². The van der Waals surface area contributed by atoms with Gasteiger partial charge in [0.1, 0.15) is 0 Å². The minimum Gasteiger partial charge on any atom is -0.383 e. The van der Waals surface area contributed by atoms with Gasteiger partial charge in [-0.3, -0.25) is 4.79 Å². The molecule has 0 aliphatic carbocycles. The molecule has 0 rings (SSSR count). The van der Waals surface area contributed by atoms with Crippen LogP contribution >= 0.6 is 0 Å². The van der Waals surface area contributed by atoms with Crippen molar-refractivity contribution in [3.63, 3.8) is 0 Å². The van der Waals surface area contributed by atoms with Gasteiger partial charge in [-0.25, -0.2) is 0 Å². The van der Waals surface area contributed by atoms with Crippen LogP contribution in [0.25, 0.3) is 0 Å². The first-order valence-electron chi connectivity index (χ1n) is 4.92. The van der Waals surface area contributed by atoms with Crippen LogP contribution in [0, 0.1) is 5.41 Å². The first-order chi connectivity index (χ1) is 6.45. The average Bonchev–Trinajstić information content (AvgIpc) is 2.08. The third-order valence-electron chi connectivity index (χ3n) is 1.58. The molecule has 4 nitrogen and oxygen atoms in total. The van der Waals surface area contributed by atoms with E-state index in [9.17, 15) is 4.79 Å². The van der Waals surface area contributed by atoms with Crippen molar-refractivity contribution in [3.05, 3.63) is 0 Å². The van der Waals surface area contributed by atoms with Gasteiger partial charge in [0.25, 0.3) is 0 Å². The number of amides is 1. The van der Waals surface area contributed by atoms with E-state index < -0.39 is 0 Å². The number of carbonyl (C=O) groups excluding carboxylic acids is 1. The van der Waals surface area contributed by atoms with E-state index in [2.05, 4.69) is 31.4 Å². The normalized spacial score (nSPS) is 11.4. The van der Waals surface area contributed by atoms with Crippen LogP contribution in [0.3, 0.4) is 0 Å². The molecular formula is C10H22N2O2. The molecule has 14 heavy (non-hydrogen) atoms. The highest BCUT2D eigenvalue weighted by atomic mass is 16.5. The van der Waals surface area contributed by atoms with Gasteiger partial charge in [-0.15, -0.1) is 0 Å². The van der Waals surface area contributed by atoms with E-state index in [4.69, 9.17) is 4.74 Å². The average molecular weight is 202 g/mol. The predicted octanol–water partition coefficient (Wildman–Crippen LogP) is 0.385. The lowest BCUT2D eigenvalue weighted by Gasteiger charge is -2.18. The van der Waals surface area contributed by atoms with Crippen molar-refractivity contribution in [3.8, 4) is 0 Å². The van der Waals surface area contributed by atoms with E-state index in [-0.39, 0.29) is 11.3 Å². The third-order valence-corrected chi connectivity index (χ3v) is 1.58. The lowest BCUT2D eigenvalue weighted by atomic mass is 9.97. The van der Waals surface area contributed by atoms with Gasteiger partial charge in [-0.1, -0.05) is 20.8 Å². The van der Waals surface area contributed by atoms with Gasteiger partial charge in [0.05, 0.1) is 13.2 Å². The Morgan fingerprint density at radius 1 is 1.36 bits per heavy atom. The van der Waals surface area contributed by atoms with Crippen molar-refractivity contribution in [2.75, 3.05) is 33.4 Å². The minimum absolute atomic E-state index is 0.0380. The van der Waals surface area contributed by atoms with Gasteiger partial charge in [0.15, 0.2) is 0 Å². The number of methoxy groups -OCH3 is 1. The fourth-order valence-electron chi connectivity index (χ4n) is 0.802. The Hall–Kier alpha value is -0.610. The Morgan fingerprint density at radius 2 is 2.00 bits per heavy atom. The largest absolute Gasteiger partial charge is 0.383 e. The second-order valence-corrected chi connectivity index (χ2v) is 4.51. The van der Waals surface area contributed by atoms with Crippen molar-refractivity contribution in [1.82, 2.24) is 10.6 Å². The zero-order valence-electron chi connectivity index (χ0n) is 9.64. The Bertz CT molecular complexity index is 164. The monoisotopic (exact) mass is 202 g/mol. The summed E-state index contributed by atoms with van der Waals surface area (Å²) in [5.74, 6) is 0.0380. The highest BCUT2D eigenvalue weighted by Crippen LogP contribution is 2.09. The number of rotatable bonds is 6. The first kappa shape index (κ1) is 13.4. The Labute approximate surface area is 86.4 Å². The molecule has 0 spiro atoms. The van der Waals surface area contributed by atoms with Crippen LogP contribution in [0.5, 0.6) is 0 Å². The molecule has 0 saturated heterocycles. The van der Waals surface area contributed by atoms with E-state index in [1.807, 2.05) is 0 Å². The molecule has 0 radical (unpaired) electrons. The van der Waals surface area contributed by atoms with Gasteiger partial charge in [0, 0.05) is 20.2 Å². The van der Waals surface area contributed by atoms with Crippen LogP contribution in [0.15, 0.2) is 0 Å². The number of hydrogen-bond acceptors (Lipinski definition) is 3. The summed E-state index contributed by atoms with van der Waals surface area (Å²) in [6.45, 7) is 8.67. The van der Waals surface area contributed by atoms with Crippen LogP contribution in [-0.2, 0) is 9.53 Å². The van der Waals surface area contributed by atoms with Crippen LogP contribution in [0.4, 0.5) is 0 Å². The molecule has 1 amide bonds. The molecule has 0 aromatic rings. The van der Waals surface area contributed by atoms with Gasteiger partial charge in [0.2, 0.25) is 5.91 Å². The molecular weight excluding hydrogens is 180 g/mol. The maximum atomic E-state index is 11.2. The summed E-state index contributed by atoms with van der Waals surface area (Å²) in [5, 5.41) is 5.84. The zero-order chi connectivity index (χ0) is 11.0. The van der Waals surface area contributed by atoms with Gasteiger partial charge >= 0.3 is 0 Å². The third kappa shape index (κ3) is 9.48. The molecule has 84 valence electrons. The molecule has 4 heteroatoms. The fraction of sp³-hybridized carbons (Fsp3) is 0.900. The maximum absolute atomic E-state index is 11.2. The zero-order valence-corrected chi connectivity index (χ0v) is 9.64. The Morgan fingerprint density at radius 3 is 2.50 bits per heavy atom. The second kappa shape index (κ2) is 6.79. The highest BCUT2D eigenvalue weighted by molar-refractivity contribution is 5.77. The van der Waals surface area contributed by atoms with E-state index in [1.165, 1.54) is 0 Å². The molecule has 0 atom stereocenters. The summed E-state index contributed by atoms with van der Waals surface area (Å²) in [5.41, 5.74) is 0.141. The summed E-state index contributed by atoms with van der Waals surface area (Å²) in [6, 6.07) is 0. The van der Waals surface area contributed by atoms with Crippen molar-refractivity contribution in [2.24, 2.45) is 5.41 Å². The quantitative estimate of drug-likeness (QED) is 0.612. The molecule has 0 bridgehead atoms. The first-order valence-corrected chi connectivity index (χ1v) is 4.92. The molecule has 0 unspecified atom stereocenters. The molecule has 2 N–H and O–H groups in total. The smallest absolute Gasteiger partial charge is 0.233 e. The van der Waals surface area contributed by atoms with Crippen LogP contribution in [-0.4, -0.2) is 39.3 Å². The summed E-state index contributed by atoms with van der Waals surface area (Å²) in [7, 11) is 1.64. The van der Waals surface area contributed by atoms with Crippen molar-refractivity contribution in [1.29, 1.82) is 0 Å². The lowest BCUT2D eigenvalue weighted by molar-refractivity contribution is -0.120. The van der Waals surface area contributed by atoms with Gasteiger partial charge < -0.3 is 15.4 Å². The molecule has 0 aliphatic heterocycles. The summed E-state index contributed by atoms with van der Waals surface area (Å²) < 4.78 is 4.84. The van der Waals surface area contributed by atoms with Crippen LogP contribution in [0.1, 0.15) is 20.8 Å². The lowest BCUT2D eigenvalue weighted by Crippen LogP contribution is -2.39. The van der Waals surface area contributed by atoms with Crippen LogP contribution < -0.4 is 10.6 Å². The Kier molecular flexibility index (Phi) is 6.49. The molecule has 0 saturated carbocycles. The maximum Gasteiger partial charge on any atom is 0.233 e. The minimum atomic E-state index is 0.0380. The summed E-state index contributed by atoms with van der Waals surface area (Å²) >= 11 is 0. The molecule has 0 heterocycles. The predicted molar refractivity (Wildman–Crippen MR) is 57.2 cm³/mol. The van der Waals surface area contributed by atoms with E-state index in [0.29, 0.717) is 26.2 Å². The van der Waals surface area contributed by atoms with E-state index in [1.54, 1.807) is 7.11 Å². The molecule has 0 fully saturated rings. The van der Waals surface area contributed by atoms with Crippen LogP contribution in [0.2, 0.25) is 0 Å². The number of hydrogen-bond donors (Lipinski definition) is 2.